The predicted octanol–water partition coefficient (Wildman–Crippen LogP) is 0.527. The van der Waals surface area contributed by atoms with Gasteiger partial charge in [0.15, 0.2) is 5.78 Å². The molecule has 0 aromatic carbocycles. The highest BCUT2D eigenvalue weighted by molar-refractivity contribution is 6.02. The summed E-state index contributed by atoms with van der Waals surface area (Å²) in [5.41, 5.74) is -1.14. The van der Waals surface area contributed by atoms with Gasteiger partial charge in [-0.15, -0.1) is 0 Å². The highest BCUT2D eigenvalue weighted by Gasteiger charge is 2.36. The minimum Gasteiger partial charge on any atom is -0.465 e. The summed E-state index contributed by atoms with van der Waals surface area (Å²) in [7, 11) is 0. The van der Waals surface area contributed by atoms with E-state index in [1.54, 1.807) is 6.92 Å². The molecule has 0 rings (SSSR count). The molecule has 0 amide bonds. The molecule has 1 N–H and O–H groups in total. The molecule has 4 heteroatoms. The number of esters is 1. The maximum Gasteiger partial charge on any atom is 0.319 e. The topological polar surface area (TPSA) is 63.6 Å². The Bertz CT molecular complexity index is 176. The van der Waals surface area contributed by atoms with E-state index in [1.807, 2.05) is 0 Å². The molecule has 4 nitrogen and oxygen atoms in total. The van der Waals surface area contributed by atoms with Crippen LogP contribution in [0.4, 0.5) is 0 Å². The van der Waals surface area contributed by atoms with E-state index in [-0.39, 0.29) is 25.4 Å². The fourth-order valence-corrected chi connectivity index (χ4v) is 0.839. The Morgan fingerprint density at radius 1 is 1.38 bits per heavy atom. The van der Waals surface area contributed by atoms with Crippen LogP contribution in [0.2, 0.25) is 0 Å². The average molecular weight is 188 g/mol. The standard InChI is InChI=1S/C9H16O4/c1-4-13-8(12)9(2,3)7(11)5-6-10/h10H,4-6H2,1-3H3. The average Bonchev–Trinajstić information content (AvgIpc) is 2.05. The zero-order valence-electron chi connectivity index (χ0n) is 8.29. The minimum atomic E-state index is -1.14. The van der Waals surface area contributed by atoms with Gasteiger partial charge in [0.25, 0.3) is 0 Å². The number of aliphatic hydroxyl groups is 1. The predicted molar refractivity (Wildman–Crippen MR) is 47.1 cm³/mol. The van der Waals surface area contributed by atoms with Gasteiger partial charge in [0, 0.05) is 13.0 Å². The third-order valence-electron chi connectivity index (χ3n) is 1.82. The van der Waals surface area contributed by atoms with Crippen molar-refractivity contribution in [2.45, 2.75) is 27.2 Å². The second-order valence-corrected chi connectivity index (χ2v) is 3.24. The zero-order chi connectivity index (χ0) is 10.5. The lowest BCUT2D eigenvalue weighted by atomic mass is 9.86. The van der Waals surface area contributed by atoms with Gasteiger partial charge in [0.2, 0.25) is 0 Å². The summed E-state index contributed by atoms with van der Waals surface area (Å²) in [5.74, 6) is -0.832. The lowest BCUT2D eigenvalue weighted by Crippen LogP contribution is -2.35. The second-order valence-electron chi connectivity index (χ2n) is 3.24. The van der Waals surface area contributed by atoms with E-state index in [2.05, 4.69) is 0 Å². The first-order valence-electron chi connectivity index (χ1n) is 4.28. The normalized spacial score (nSPS) is 11.1. The van der Waals surface area contributed by atoms with Crippen molar-refractivity contribution in [3.05, 3.63) is 0 Å². The van der Waals surface area contributed by atoms with Gasteiger partial charge in [0.1, 0.15) is 5.41 Å². The molecule has 76 valence electrons. The van der Waals surface area contributed by atoms with Crippen molar-refractivity contribution in [2.75, 3.05) is 13.2 Å². The molecule has 0 aliphatic heterocycles. The number of ketones is 1. The number of hydrogen-bond donors (Lipinski definition) is 1. The lowest BCUT2D eigenvalue weighted by molar-refractivity contribution is -0.158. The van der Waals surface area contributed by atoms with Crippen LogP contribution in [0.15, 0.2) is 0 Å². The summed E-state index contributed by atoms with van der Waals surface area (Å²) in [6.07, 6.45) is -0.00812. The Balaban J connectivity index is 4.36. The van der Waals surface area contributed by atoms with Gasteiger partial charge in [0.05, 0.1) is 6.61 Å². The fourth-order valence-electron chi connectivity index (χ4n) is 0.839. The van der Waals surface area contributed by atoms with Gasteiger partial charge in [-0.25, -0.2) is 0 Å². The summed E-state index contributed by atoms with van der Waals surface area (Å²) < 4.78 is 4.73. The van der Waals surface area contributed by atoms with Crippen molar-refractivity contribution in [1.82, 2.24) is 0 Å². The SMILES string of the molecule is CCOC(=O)C(C)(C)C(=O)CCO. The highest BCUT2D eigenvalue weighted by Crippen LogP contribution is 2.20. The third-order valence-corrected chi connectivity index (χ3v) is 1.82. The van der Waals surface area contributed by atoms with Crippen LogP contribution in [0.25, 0.3) is 0 Å². The van der Waals surface area contributed by atoms with Crippen molar-refractivity contribution in [3.63, 3.8) is 0 Å². The van der Waals surface area contributed by atoms with E-state index in [4.69, 9.17) is 9.84 Å². The van der Waals surface area contributed by atoms with Crippen LogP contribution in [0.1, 0.15) is 27.2 Å². The monoisotopic (exact) mass is 188 g/mol. The Labute approximate surface area is 77.9 Å². The van der Waals surface area contributed by atoms with Crippen LogP contribution < -0.4 is 0 Å². The molecule has 0 aromatic rings. The van der Waals surface area contributed by atoms with E-state index >= 15 is 0 Å². The molecule has 0 heterocycles. The summed E-state index contributed by atoms with van der Waals surface area (Å²) in [6, 6.07) is 0. The first-order chi connectivity index (χ1) is 5.96. The van der Waals surface area contributed by atoms with Gasteiger partial charge in [-0.05, 0) is 20.8 Å². The number of ether oxygens (including phenoxy) is 1. The lowest BCUT2D eigenvalue weighted by Gasteiger charge is -2.19. The van der Waals surface area contributed by atoms with Gasteiger partial charge in [-0.3, -0.25) is 9.59 Å². The van der Waals surface area contributed by atoms with Crippen LogP contribution in [0.3, 0.4) is 0 Å². The van der Waals surface area contributed by atoms with E-state index in [0.29, 0.717) is 0 Å². The Morgan fingerprint density at radius 2 is 1.92 bits per heavy atom. The molecule has 0 fully saturated rings. The quantitative estimate of drug-likeness (QED) is 0.505. The van der Waals surface area contributed by atoms with E-state index in [9.17, 15) is 9.59 Å². The van der Waals surface area contributed by atoms with Crippen LogP contribution in [0.5, 0.6) is 0 Å². The molecule has 13 heavy (non-hydrogen) atoms. The van der Waals surface area contributed by atoms with Crippen molar-refractivity contribution in [3.8, 4) is 0 Å². The summed E-state index contributed by atoms with van der Waals surface area (Å²) >= 11 is 0. The molecule has 0 aliphatic carbocycles. The maximum absolute atomic E-state index is 11.3. The molecule has 0 spiro atoms. The van der Waals surface area contributed by atoms with Crippen molar-refractivity contribution >= 4 is 11.8 Å². The number of rotatable bonds is 5. The largest absolute Gasteiger partial charge is 0.465 e. The van der Waals surface area contributed by atoms with E-state index < -0.39 is 11.4 Å². The first kappa shape index (κ1) is 12.1. The Kier molecular flexibility index (Phi) is 4.62. The molecule has 0 aromatic heterocycles. The minimum absolute atomic E-state index is 0.00812. The molecule has 0 bridgehead atoms. The number of Topliss-reactive ketones (excluding diaryl/α,β-unsaturated/α-hetero) is 1. The van der Waals surface area contributed by atoms with Gasteiger partial charge in [-0.2, -0.15) is 0 Å². The van der Waals surface area contributed by atoms with Crippen LogP contribution in [-0.4, -0.2) is 30.1 Å². The van der Waals surface area contributed by atoms with Crippen molar-refractivity contribution in [1.29, 1.82) is 0 Å². The molecule has 0 unspecified atom stereocenters. The Hall–Kier alpha value is -0.900. The zero-order valence-corrected chi connectivity index (χ0v) is 8.29. The van der Waals surface area contributed by atoms with Crippen LogP contribution >= 0.6 is 0 Å². The van der Waals surface area contributed by atoms with Gasteiger partial charge >= 0.3 is 5.97 Å². The number of carbonyl (C=O) groups excluding carboxylic acids is 2. The van der Waals surface area contributed by atoms with Gasteiger partial charge < -0.3 is 9.84 Å². The number of hydrogen-bond acceptors (Lipinski definition) is 4. The molecule has 0 atom stereocenters. The smallest absolute Gasteiger partial charge is 0.319 e. The third kappa shape index (κ3) is 3.14. The summed E-state index contributed by atoms with van der Waals surface area (Å²) in [6.45, 7) is 4.72. The van der Waals surface area contributed by atoms with Crippen LogP contribution in [0, 0.1) is 5.41 Å². The van der Waals surface area contributed by atoms with Crippen molar-refractivity contribution < 1.29 is 19.4 Å². The molecule has 0 aliphatic rings. The highest BCUT2D eigenvalue weighted by atomic mass is 16.5. The molecular weight excluding hydrogens is 172 g/mol. The number of carbonyl (C=O) groups is 2. The molecule has 0 radical (unpaired) electrons. The molecule has 0 saturated heterocycles. The second kappa shape index (κ2) is 4.97. The molecular formula is C9H16O4. The van der Waals surface area contributed by atoms with E-state index in [1.165, 1.54) is 13.8 Å². The molecule has 0 saturated carbocycles. The number of aliphatic hydroxyl groups excluding tert-OH is 1. The summed E-state index contributed by atoms with van der Waals surface area (Å²) in [4.78, 5) is 22.6. The van der Waals surface area contributed by atoms with E-state index in [0.717, 1.165) is 0 Å². The van der Waals surface area contributed by atoms with Crippen molar-refractivity contribution in [2.24, 2.45) is 5.41 Å². The van der Waals surface area contributed by atoms with Gasteiger partial charge in [-0.1, -0.05) is 0 Å². The van der Waals surface area contributed by atoms with Crippen LogP contribution in [-0.2, 0) is 14.3 Å². The summed E-state index contributed by atoms with van der Waals surface area (Å²) in [5, 5.41) is 8.54. The first-order valence-corrected chi connectivity index (χ1v) is 4.28. The Morgan fingerprint density at radius 3 is 2.31 bits per heavy atom. The maximum atomic E-state index is 11.3. The fraction of sp³-hybridized carbons (Fsp3) is 0.778.